The molecule has 1 N–H and O–H groups in total. The second kappa shape index (κ2) is 7.33. The van der Waals surface area contributed by atoms with Gasteiger partial charge in [0.1, 0.15) is 0 Å². The monoisotopic (exact) mass is 378 g/mol. The lowest BCUT2D eigenvalue weighted by Crippen LogP contribution is -2.44. The van der Waals surface area contributed by atoms with Crippen LogP contribution in [0.1, 0.15) is 37.0 Å². The first-order valence-corrected chi connectivity index (χ1v) is 9.47. The quantitative estimate of drug-likeness (QED) is 0.876. The molecule has 0 spiro atoms. The van der Waals surface area contributed by atoms with Crippen molar-refractivity contribution in [1.82, 2.24) is 9.62 Å². The third-order valence-electron chi connectivity index (χ3n) is 3.97. The molecule has 1 aliphatic rings. The van der Waals surface area contributed by atoms with Gasteiger partial charge in [0.15, 0.2) is 0 Å². The summed E-state index contributed by atoms with van der Waals surface area (Å²) < 4.78 is 65.1. The summed E-state index contributed by atoms with van der Waals surface area (Å²) in [6.07, 6.45) is -4.01. The van der Waals surface area contributed by atoms with Gasteiger partial charge in [0.2, 0.25) is 10.0 Å². The first-order valence-electron chi connectivity index (χ1n) is 7.99. The fourth-order valence-electron chi connectivity index (χ4n) is 2.77. The second-order valence-corrected chi connectivity index (χ2v) is 8.15. The minimum atomic E-state index is -4.32. The summed E-state index contributed by atoms with van der Waals surface area (Å²) in [6, 6.07) is 4.94. The van der Waals surface area contributed by atoms with E-state index in [1.165, 1.54) is 29.2 Å². The third-order valence-corrected chi connectivity index (χ3v) is 5.65. The van der Waals surface area contributed by atoms with Crippen molar-refractivity contribution >= 4 is 15.9 Å². The average Bonchev–Trinajstić information content (AvgIpc) is 2.52. The van der Waals surface area contributed by atoms with Gasteiger partial charge in [0.05, 0.1) is 10.8 Å². The van der Waals surface area contributed by atoms with Crippen molar-refractivity contribution in [2.75, 3.05) is 13.1 Å². The molecule has 1 fully saturated rings. The van der Waals surface area contributed by atoms with Crippen LogP contribution >= 0.6 is 0 Å². The number of hydrogen-bond donors (Lipinski definition) is 1. The maximum absolute atomic E-state index is 12.9. The summed E-state index contributed by atoms with van der Waals surface area (Å²) in [7, 11) is -3.68. The van der Waals surface area contributed by atoms with Crippen LogP contribution in [0.3, 0.4) is 0 Å². The number of alkyl halides is 3. The van der Waals surface area contributed by atoms with Gasteiger partial charge in [0.25, 0.3) is 5.91 Å². The van der Waals surface area contributed by atoms with Crippen LogP contribution in [0.5, 0.6) is 0 Å². The van der Waals surface area contributed by atoms with Gasteiger partial charge in [-0.15, -0.1) is 0 Å². The van der Waals surface area contributed by atoms with Crippen LogP contribution < -0.4 is 4.72 Å². The Morgan fingerprint density at radius 2 is 1.84 bits per heavy atom. The maximum Gasteiger partial charge on any atom is 0.393 e. The topological polar surface area (TPSA) is 66.5 Å². The number of hydrogen-bond acceptors (Lipinski definition) is 3. The fraction of sp³-hybridized carbons (Fsp3) is 0.562. The van der Waals surface area contributed by atoms with Crippen molar-refractivity contribution in [2.45, 2.75) is 43.8 Å². The Morgan fingerprint density at radius 3 is 2.36 bits per heavy atom. The average molecular weight is 378 g/mol. The van der Waals surface area contributed by atoms with Gasteiger partial charge < -0.3 is 4.90 Å². The number of amides is 1. The summed E-state index contributed by atoms with van der Waals surface area (Å²) in [5, 5.41) is 0. The van der Waals surface area contributed by atoms with Gasteiger partial charge >= 0.3 is 6.18 Å². The normalized spacial score (nSPS) is 19.3. The first kappa shape index (κ1) is 19.7. The molecule has 0 aromatic heterocycles. The largest absolute Gasteiger partial charge is 0.393 e. The lowest BCUT2D eigenvalue weighted by atomic mass is 9.97. The van der Waals surface area contributed by atoms with E-state index in [9.17, 15) is 26.4 Å². The van der Waals surface area contributed by atoms with Crippen molar-refractivity contribution in [3.05, 3.63) is 29.8 Å². The summed E-state index contributed by atoms with van der Waals surface area (Å²) in [4.78, 5) is 13.6. The highest BCUT2D eigenvalue weighted by Crippen LogP contribution is 2.33. The van der Waals surface area contributed by atoms with Crippen LogP contribution in [0.15, 0.2) is 29.2 Å². The zero-order chi connectivity index (χ0) is 18.8. The van der Waals surface area contributed by atoms with Crippen molar-refractivity contribution in [1.29, 1.82) is 0 Å². The number of sulfonamides is 1. The van der Waals surface area contributed by atoms with Gasteiger partial charge in [-0.2, -0.15) is 13.2 Å². The van der Waals surface area contributed by atoms with Gasteiger partial charge in [0, 0.05) is 24.7 Å². The van der Waals surface area contributed by atoms with E-state index in [0.717, 1.165) is 0 Å². The molecule has 0 aliphatic carbocycles. The Morgan fingerprint density at radius 1 is 1.24 bits per heavy atom. The number of likely N-dealkylation sites (tertiary alicyclic amines) is 1. The third kappa shape index (κ3) is 4.94. The van der Waals surface area contributed by atoms with E-state index >= 15 is 0 Å². The molecule has 1 aromatic rings. The molecular weight excluding hydrogens is 357 g/mol. The van der Waals surface area contributed by atoms with E-state index in [-0.39, 0.29) is 36.0 Å². The zero-order valence-corrected chi connectivity index (χ0v) is 14.8. The minimum absolute atomic E-state index is 0.00422. The lowest BCUT2D eigenvalue weighted by molar-refractivity contribution is -0.184. The highest BCUT2D eigenvalue weighted by Gasteiger charge is 2.42. The van der Waals surface area contributed by atoms with E-state index in [4.69, 9.17) is 0 Å². The van der Waals surface area contributed by atoms with E-state index in [2.05, 4.69) is 4.72 Å². The molecule has 9 heteroatoms. The van der Waals surface area contributed by atoms with Crippen LogP contribution in [-0.4, -0.2) is 44.5 Å². The number of piperidine rings is 1. The number of benzene rings is 1. The zero-order valence-electron chi connectivity index (χ0n) is 14.0. The highest BCUT2D eigenvalue weighted by atomic mass is 32.2. The molecule has 1 heterocycles. The first-order chi connectivity index (χ1) is 11.5. The van der Waals surface area contributed by atoms with E-state index in [1.54, 1.807) is 13.8 Å². The maximum atomic E-state index is 12.9. The summed E-state index contributed by atoms with van der Waals surface area (Å²) >= 11 is 0. The molecule has 25 heavy (non-hydrogen) atoms. The Balaban J connectivity index is 2.13. The molecule has 0 radical (unpaired) electrons. The van der Waals surface area contributed by atoms with Gasteiger partial charge in [-0.3, -0.25) is 4.79 Å². The van der Waals surface area contributed by atoms with Crippen molar-refractivity contribution < 1.29 is 26.4 Å². The number of halogens is 3. The molecule has 2 rings (SSSR count). The molecular formula is C16H21F3N2O3S. The molecule has 1 unspecified atom stereocenters. The van der Waals surface area contributed by atoms with E-state index in [0.29, 0.717) is 6.42 Å². The second-order valence-electron chi connectivity index (χ2n) is 6.43. The van der Waals surface area contributed by atoms with Gasteiger partial charge in [-0.1, -0.05) is 0 Å². The molecule has 1 amide bonds. The Bertz CT molecular complexity index is 715. The van der Waals surface area contributed by atoms with Crippen LogP contribution in [0.2, 0.25) is 0 Å². The number of nitrogens with zero attached hydrogens (tertiary/aromatic N) is 1. The van der Waals surface area contributed by atoms with Gasteiger partial charge in [-0.05, 0) is 51.0 Å². The molecule has 140 valence electrons. The summed E-state index contributed by atoms with van der Waals surface area (Å²) in [6.45, 7) is 3.27. The van der Waals surface area contributed by atoms with Crippen LogP contribution in [0.25, 0.3) is 0 Å². The van der Waals surface area contributed by atoms with Crippen LogP contribution in [0.4, 0.5) is 13.2 Å². The van der Waals surface area contributed by atoms with E-state index < -0.39 is 28.0 Å². The van der Waals surface area contributed by atoms with Crippen LogP contribution in [0, 0.1) is 5.92 Å². The molecule has 1 saturated heterocycles. The lowest BCUT2D eigenvalue weighted by Gasteiger charge is -2.33. The smallest absolute Gasteiger partial charge is 0.338 e. The number of rotatable bonds is 4. The standard InChI is InChI=1S/C16H21F3N2O3S/c1-11(2)20-25(23,24)14-7-5-12(6-8-14)15(22)21-9-3-4-13(10-21)16(17,18)19/h5-8,11,13,20H,3-4,9-10H2,1-2H3. The number of carbonyl (C=O) groups is 1. The summed E-state index contributed by atoms with van der Waals surface area (Å²) in [5.41, 5.74) is 0.173. The Kier molecular flexibility index (Phi) is 5.78. The Labute approximate surface area is 145 Å². The predicted molar refractivity (Wildman–Crippen MR) is 86.6 cm³/mol. The number of nitrogens with one attached hydrogen (secondary N) is 1. The summed E-state index contributed by atoms with van der Waals surface area (Å²) in [5.74, 6) is -2.03. The molecule has 5 nitrogen and oxygen atoms in total. The van der Waals surface area contributed by atoms with E-state index in [1.807, 2.05) is 0 Å². The predicted octanol–water partition coefficient (Wildman–Crippen LogP) is 2.79. The van der Waals surface area contributed by atoms with Crippen molar-refractivity contribution in [3.8, 4) is 0 Å². The highest BCUT2D eigenvalue weighted by molar-refractivity contribution is 7.89. The molecule has 1 atom stereocenters. The SMILES string of the molecule is CC(C)NS(=O)(=O)c1ccc(C(=O)N2CCCC(C(F)(F)F)C2)cc1. The fourth-order valence-corrected chi connectivity index (χ4v) is 4.02. The van der Waals surface area contributed by atoms with Crippen molar-refractivity contribution in [2.24, 2.45) is 5.92 Å². The molecule has 1 aliphatic heterocycles. The van der Waals surface area contributed by atoms with Gasteiger partial charge in [-0.25, -0.2) is 13.1 Å². The van der Waals surface area contributed by atoms with Crippen LogP contribution in [-0.2, 0) is 10.0 Å². The molecule has 1 aromatic carbocycles. The minimum Gasteiger partial charge on any atom is -0.338 e. The van der Waals surface area contributed by atoms with Crippen molar-refractivity contribution in [3.63, 3.8) is 0 Å². The number of carbonyl (C=O) groups excluding carboxylic acids is 1. The molecule has 0 saturated carbocycles. The Hall–Kier alpha value is -1.61. The molecule has 0 bridgehead atoms.